The van der Waals surface area contributed by atoms with Crippen LogP contribution < -0.4 is 4.90 Å². The SMILES string of the molecule is CCC1=C(F)CCc2cc(O)cc(-c3ncc4c(N5CCCC6(CCS(=N)C6)C5)nc(CCC56CCCN5CCC6)nc4c3F)c21. The number of fused-ring (bicyclic) bond motifs is 3. The molecule has 2 aromatic heterocycles. The summed E-state index contributed by atoms with van der Waals surface area (Å²) in [4.78, 5) is 19.8. The van der Waals surface area contributed by atoms with Gasteiger partial charge in [-0.3, -0.25) is 14.7 Å². The van der Waals surface area contributed by atoms with Crippen molar-refractivity contribution in [2.24, 2.45) is 5.41 Å². The second-order valence-electron chi connectivity index (χ2n) is 14.4. The molecular formula is C36H44F2N6OS. The molecular weight excluding hydrogens is 603 g/mol. The highest BCUT2D eigenvalue weighted by molar-refractivity contribution is 7.86. The Kier molecular flexibility index (Phi) is 7.67. The number of anilines is 1. The van der Waals surface area contributed by atoms with Crippen LogP contribution in [0.1, 0.15) is 88.1 Å². The minimum atomic E-state index is -0.543. The lowest BCUT2D eigenvalue weighted by Gasteiger charge is -2.41. The molecule has 5 aliphatic rings. The van der Waals surface area contributed by atoms with Crippen LogP contribution in [0, 0.1) is 16.0 Å². The van der Waals surface area contributed by atoms with Crippen LogP contribution in [0.4, 0.5) is 14.6 Å². The van der Waals surface area contributed by atoms with Crippen LogP contribution in [0.5, 0.6) is 5.75 Å². The molecule has 7 nitrogen and oxygen atoms in total. The molecule has 4 fully saturated rings. The predicted molar refractivity (Wildman–Crippen MR) is 180 cm³/mol. The van der Waals surface area contributed by atoms with Crippen molar-refractivity contribution in [1.82, 2.24) is 19.9 Å². The van der Waals surface area contributed by atoms with E-state index in [0.29, 0.717) is 47.2 Å². The summed E-state index contributed by atoms with van der Waals surface area (Å²) in [6.45, 7) is 5.88. The van der Waals surface area contributed by atoms with Crippen LogP contribution in [0.15, 0.2) is 24.2 Å². The average Bonchev–Trinajstić information content (AvgIpc) is 3.74. The van der Waals surface area contributed by atoms with E-state index < -0.39 is 5.82 Å². The lowest BCUT2D eigenvalue weighted by atomic mass is 9.79. The molecule has 2 unspecified atom stereocenters. The van der Waals surface area contributed by atoms with Crippen LogP contribution in [-0.2, 0) is 23.5 Å². The van der Waals surface area contributed by atoms with Gasteiger partial charge >= 0.3 is 0 Å². The van der Waals surface area contributed by atoms with Gasteiger partial charge in [0.25, 0.3) is 0 Å². The fraction of sp³-hybridized carbons (Fsp3) is 0.583. The van der Waals surface area contributed by atoms with Crippen molar-refractivity contribution in [3.05, 3.63) is 46.9 Å². The number of phenolic OH excluding ortho intramolecular Hbond substituents is 1. The number of hydrogen-bond donors (Lipinski definition) is 2. The first-order valence-electron chi connectivity index (χ1n) is 17.3. The van der Waals surface area contributed by atoms with E-state index in [9.17, 15) is 5.11 Å². The number of benzene rings is 1. The average molecular weight is 647 g/mol. The number of piperidine rings is 1. The van der Waals surface area contributed by atoms with Crippen molar-refractivity contribution in [3.63, 3.8) is 0 Å². The molecule has 6 heterocycles. The molecule has 0 saturated carbocycles. The highest BCUT2D eigenvalue weighted by atomic mass is 32.2. The third kappa shape index (κ3) is 5.05. The normalized spacial score (nSPS) is 26.0. The number of aryl methyl sites for hydroxylation is 2. The molecule has 3 aromatic rings. The number of hydrogen-bond acceptors (Lipinski definition) is 7. The van der Waals surface area contributed by atoms with Crippen LogP contribution in [0.2, 0.25) is 0 Å². The van der Waals surface area contributed by atoms with Crippen molar-refractivity contribution >= 4 is 33.0 Å². The molecule has 8 rings (SSSR count). The Morgan fingerprint density at radius 2 is 1.83 bits per heavy atom. The molecule has 10 heteroatoms. The first kappa shape index (κ1) is 30.4. The lowest BCUT2D eigenvalue weighted by Crippen LogP contribution is -2.44. The summed E-state index contributed by atoms with van der Waals surface area (Å²) in [7, 11) is -0.296. The number of pyridine rings is 1. The highest BCUT2D eigenvalue weighted by Gasteiger charge is 2.44. The molecule has 46 heavy (non-hydrogen) atoms. The van der Waals surface area contributed by atoms with Gasteiger partial charge in [-0.25, -0.2) is 18.7 Å². The van der Waals surface area contributed by atoms with E-state index in [1.807, 2.05) is 6.92 Å². The van der Waals surface area contributed by atoms with E-state index >= 15 is 8.78 Å². The number of allylic oxidation sites excluding steroid dienone is 2. The molecule has 1 aromatic carbocycles. The quantitative estimate of drug-likeness (QED) is 0.288. The lowest BCUT2D eigenvalue weighted by molar-refractivity contribution is 0.181. The minimum Gasteiger partial charge on any atom is -0.508 e. The Balaban J connectivity index is 1.25. The van der Waals surface area contributed by atoms with Crippen LogP contribution in [-0.4, -0.2) is 68.2 Å². The summed E-state index contributed by atoms with van der Waals surface area (Å²) in [5.74, 6) is 2.61. The zero-order valence-corrected chi connectivity index (χ0v) is 27.6. The van der Waals surface area contributed by atoms with Gasteiger partial charge in [-0.05, 0) is 112 Å². The summed E-state index contributed by atoms with van der Waals surface area (Å²) in [5, 5.41) is 11.3. The Morgan fingerprint density at radius 1 is 1.02 bits per heavy atom. The van der Waals surface area contributed by atoms with Gasteiger partial charge in [-0.1, -0.05) is 6.92 Å². The molecule has 0 amide bonds. The summed E-state index contributed by atoms with van der Waals surface area (Å²) in [6, 6.07) is 3.19. The molecule has 1 spiro atoms. The molecule has 0 radical (unpaired) electrons. The number of phenols is 1. The van der Waals surface area contributed by atoms with Gasteiger partial charge in [-0.2, -0.15) is 0 Å². The monoisotopic (exact) mass is 646 g/mol. The second-order valence-corrected chi connectivity index (χ2v) is 16.1. The Bertz CT molecular complexity index is 1770. The number of rotatable bonds is 6. The molecule has 244 valence electrons. The van der Waals surface area contributed by atoms with Crippen LogP contribution >= 0.6 is 0 Å². The van der Waals surface area contributed by atoms with Gasteiger partial charge in [0.15, 0.2) is 5.82 Å². The van der Waals surface area contributed by atoms with E-state index in [1.54, 1.807) is 12.3 Å². The number of halogens is 2. The van der Waals surface area contributed by atoms with Gasteiger partial charge in [-0.15, -0.1) is 10.7 Å². The van der Waals surface area contributed by atoms with E-state index in [1.165, 1.54) is 31.7 Å². The highest BCUT2D eigenvalue weighted by Crippen LogP contribution is 2.46. The molecule has 0 bridgehead atoms. The smallest absolute Gasteiger partial charge is 0.175 e. The maximum absolute atomic E-state index is 17.0. The van der Waals surface area contributed by atoms with Gasteiger partial charge in [0.1, 0.15) is 34.4 Å². The fourth-order valence-corrected chi connectivity index (χ4v) is 11.4. The maximum Gasteiger partial charge on any atom is 0.175 e. The van der Waals surface area contributed by atoms with Crippen LogP contribution in [0.25, 0.3) is 27.7 Å². The number of aromatic nitrogens is 3. The molecule has 2 atom stereocenters. The molecule has 4 aliphatic heterocycles. The first-order chi connectivity index (χ1) is 22.3. The van der Waals surface area contributed by atoms with Gasteiger partial charge in [0.05, 0.1) is 5.39 Å². The number of aromatic hydroxyl groups is 1. The molecule has 2 N–H and O–H groups in total. The fourth-order valence-electron chi connectivity index (χ4n) is 9.49. The molecule has 4 saturated heterocycles. The van der Waals surface area contributed by atoms with Crippen molar-refractivity contribution < 1.29 is 13.9 Å². The summed E-state index contributed by atoms with van der Waals surface area (Å²) in [6.07, 6.45) is 12.6. The van der Waals surface area contributed by atoms with Crippen molar-refractivity contribution in [1.29, 1.82) is 4.78 Å². The Morgan fingerprint density at radius 3 is 2.59 bits per heavy atom. The zero-order chi connectivity index (χ0) is 31.6. The van der Waals surface area contributed by atoms with Crippen LogP contribution in [0.3, 0.4) is 0 Å². The van der Waals surface area contributed by atoms with Crippen molar-refractivity contribution in [2.45, 2.75) is 89.5 Å². The van der Waals surface area contributed by atoms with Gasteiger partial charge in [0, 0.05) is 54.7 Å². The van der Waals surface area contributed by atoms with Crippen molar-refractivity contribution in [3.8, 4) is 17.0 Å². The minimum absolute atomic E-state index is 0.0254. The predicted octanol–water partition coefficient (Wildman–Crippen LogP) is 7.51. The largest absolute Gasteiger partial charge is 0.508 e. The maximum atomic E-state index is 17.0. The van der Waals surface area contributed by atoms with Crippen molar-refractivity contribution in [2.75, 3.05) is 42.6 Å². The number of nitrogens with zero attached hydrogens (tertiary/aromatic N) is 5. The second kappa shape index (κ2) is 11.6. The van der Waals surface area contributed by atoms with Gasteiger partial charge in [0.2, 0.25) is 0 Å². The van der Waals surface area contributed by atoms with E-state index in [2.05, 4.69) is 14.8 Å². The first-order valence-corrected chi connectivity index (χ1v) is 18.8. The topological polar surface area (TPSA) is 89.2 Å². The standard InChI is InChI=1S/C36H44F2N6OS/c1-2-25-28(37)7-6-23-18-24(45)19-26(30(23)25)32-31(38)33-27(20-40-32)34(43-14-3-9-35(21-43)13-17-46(39)22-35)42-29(41-33)8-12-36-10-4-15-44(36)16-5-11-36/h18-20,39,45H,2-17,21-22H2,1H3. The summed E-state index contributed by atoms with van der Waals surface area (Å²) >= 11 is 0. The van der Waals surface area contributed by atoms with Gasteiger partial charge < -0.3 is 10.0 Å². The van der Waals surface area contributed by atoms with E-state index in [4.69, 9.17) is 14.7 Å². The third-order valence-corrected chi connectivity index (χ3v) is 13.4. The summed E-state index contributed by atoms with van der Waals surface area (Å²) in [5.41, 5.74) is 3.11. The van der Waals surface area contributed by atoms with E-state index in [-0.39, 0.29) is 50.9 Å². The summed E-state index contributed by atoms with van der Waals surface area (Å²) < 4.78 is 40.6. The zero-order valence-electron chi connectivity index (χ0n) is 26.8. The molecule has 1 aliphatic carbocycles. The number of nitrogens with one attached hydrogen (secondary N) is 1. The third-order valence-electron chi connectivity index (χ3n) is 11.7. The van der Waals surface area contributed by atoms with E-state index in [0.717, 1.165) is 74.7 Å². The Labute approximate surface area is 272 Å². The Hall–Kier alpha value is -2.98.